The van der Waals surface area contributed by atoms with Crippen LogP contribution in [0.3, 0.4) is 0 Å². The summed E-state index contributed by atoms with van der Waals surface area (Å²) in [6, 6.07) is 8.34. The third-order valence-corrected chi connectivity index (χ3v) is 3.30. The predicted molar refractivity (Wildman–Crippen MR) is 76.9 cm³/mol. The molecule has 2 N–H and O–H groups in total. The summed E-state index contributed by atoms with van der Waals surface area (Å²) in [5.74, 6) is 1.57. The van der Waals surface area contributed by atoms with Gasteiger partial charge in [-0.2, -0.15) is 0 Å². The first-order chi connectivity index (χ1) is 9.55. The number of phenolic OH excluding ortho intramolecular Hbond substituents is 2. The Hall–Kier alpha value is -2.36. The molecule has 0 spiro atoms. The van der Waals surface area contributed by atoms with E-state index in [1.165, 1.54) is 6.07 Å². The first-order valence-electron chi connectivity index (χ1n) is 6.27. The van der Waals surface area contributed by atoms with Gasteiger partial charge in [0.25, 0.3) is 0 Å². The lowest BCUT2D eigenvalue weighted by Gasteiger charge is -2.14. The summed E-state index contributed by atoms with van der Waals surface area (Å²) in [4.78, 5) is 0. The van der Waals surface area contributed by atoms with Gasteiger partial charge in [0, 0.05) is 24.1 Å². The molecular weight excluding hydrogens is 256 g/mol. The van der Waals surface area contributed by atoms with Crippen LogP contribution in [0.5, 0.6) is 23.0 Å². The Morgan fingerprint density at radius 2 is 1.75 bits per heavy atom. The number of methoxy groups -OCH3 is 2. The van der Waals surface area contributed by atoms with Crippen LogP contribution in [-0.4, -0.2) is 24.4 Å². The number of aromatic hydroxyl groups is 2. The minimum absolute atomic E-state index is 0.0460. The zero-order valence-corrected chi connectivity index (χ0v) is 11.8. The van der Waals surface area contributed by atoms with E-state index in [-0.39, 0.29) is 11.5 Å². The van der Waals surface area contributed by atoms with Crippen LogP contribution >= 0.6 is 0 Å². The summed E-state index contributed by atoms with van der Waals surface area (Å²) in [6.45, 7) is 1.97. The van der Waals surface area contributed by atoms with Crippen molar-refractivity contribution >= 4 is 0 Å². The third-order valence-electron chi connectivity index (χ3n) is 3.30. The van der Waals surface area contributed by atoms with Gasteiger partial charge < -0.3 is 19.7 Å². The van der Waals surface area contributed by atoms with Gasteiger partial charge in [-0.1, -0.05) is 6.07 Å². The molecule has 0 radical (unpaired) electrons. The second kappa shape index (κ2) is 5.74. The lowest BCUT2D eigenvalue weighted by Crippen LogP contribution is -1.98. The van der Waals surface area contributed by atoms with Crippen molar-refractivity contribution in [3.05, 3.63) is 47.0 Å². The average Bonchev–Trinajstić information content (AvgIpc) is 2.43. The number of rotatable bonds is 4. The summed E-state index contributed by atoms with van der Waals surface area (Å²) in [5.41, 5.74) is 2.73. The Morgan fingerprint density at radius 3 is 2.35 bits per heavy atom. The summed E-state index contributed by atoms with van der Waals surface area (Å²) < 4.78 is 10.6. The highest BCUT2D eigenvalue weighted by atomic mass is 16.5. The van der Waals surface area contributed by atoms with Crippen LogP contribution in [-0.2, 0) is 6.42 Å². The fraction of sp³-hybridized carbons (Fsp3) is 0.250. The first-order valence-corrected chi connectivity index (χ1v) is 6.27. The van der Waals surface area contributed by atoms with Crippen LogP contribution in [0, 0.1) is 6.92 Å². The van der Waals surface area contributed by atoms with E-state index >= 15 is 0 Å². The second-order valence-corrected chi connectivity index (χ2v) is 4.61. The van der Waals surface area contributed by atoms with Crippen molar-refractivity contribution in [2.75, 3.05) is 14.2 Å². The quantitative estimate of drug-likeness (QED) is 0.899. The number of benzene rings is 2. The molecule has 0 saturated carbocycles. The van der Waals surface area contributed by atoms with E-state index in [4.69, 9.17) is 9.47 Å². The maximum Gasteiger partial charge on any atom is 0.126 e. The number of hydrogen-bond donors (Lipinski definition) is 2. The van der Waals surface area contributed by atoms with Crippen molar-refractivity contribution in [2.45, 2.75) is 13.3 Å². The zero-order chi connectivity index (χ0) is 14.7. The molecule has 0 aromatic heterocycles. The molecule has 0 unspecified atom stereocenters. The summed E-state index contributed by atoms with van der Waals surface area (Å²) >= 11 is 0. The highest BCUT2D eigenvalue weighted by Crippen LogP contribution is 2.33. The van der Waals surface area contributed by atoms with E-state index in [0.717, 1.165) is 22.4 Å². The molecule has 0 amide bonds. The molecule has 0 heterocycles. The van der Waals surface area contributed by atoms with Gasteiger partial charge in [0.05, 0.1) is 14.2 Å². The van der Waals surface area contributed by atoms with Gasteiger partial charge in [-0.25, -0.2) is 0 Å². The van der Waals surface area contributed by atoms with Crippen molar-refractivity contribution in [1.29, 1.82) is 0 Å². The van der Waals surface area contributed by atoms with Crippen molar-refractivity contribution in [2.24, 2.45) is 0 Å². The zero-order valence-electron chi connectivity index (χ0n) is 11.8. The first kappa shape index (κ1) is 14.1. The maximum absolute atomic E-state index is 9.88. The molecule has 4 heteroatoms. The SMILES string of the molecule is COc1cc(C)c(Cc2ccc(O)cc2O)c(OC)c1. The number of hydrogen-bond acceptors (Lipinski definition) is 4. The molecule has 20 heavy (non-hydrogen) atoms. The van der Waals surface area contributed by atoms with Gasteiger partial charge in [-0.3, -0.25) is 0 Å². The standard InChI is InChI=1S/C16H18O4/c1-10-6-13(19-2)9-16(20-3)14(10)7-11-4-5-12(17)8-15(11)18/h4-6,8-9,17-18H,7H2,1-3H3. The molecule has 2 rings (SSSR count). The van der Waals surface area contributed by atoms with E-state index in [9.17, 15) is 10.2 Å². The third kappa shape index (κ3) is 2.79. The lowest BCUT2D eigenvalue weighted by molar-refractivity contribution is 0.390. The van der Waals surface area contributed by atoms with Gasteiger partial charge in [0.1, 0.15) is 23.0 Å². The van der Waals surface area contributed by atoms with Crippen LogP contribution in [0.4, 0.5) is 0 Å². The van der Waals surface area contributed by atoms with E-state index in [2.05, 4.69) is 0 Å². The highest BCUT2D eigenvalue weighted by molar-refractivity contribution is 5.50. The summed E-state index contributed by atoms with van der Waals surface area (Å²) in [7, 11) is 3.22. The van der Waals surface area contributed by atoms with E-state index in [0.29, 0.717) is 12.2 Å². The highest BCUT2D eigenvalue weighted by Gasteiger charge is 2.12. The Morgan fingerprint density at radius 1 is 1.00 bits per heavy atom. The van der Waals surface area contributed by atoms with Crippen LogP contribution in [0.2, 0.25) is 0 Å². The number of phenols is 2. The van der Waals surface area contributed by atoms with Crippen LogP contribution in [0.25, 0.3) is 0 Å². The van der Waals surface area contributed by atoms with Gasteiger partial charge in [0.15, 0.2) is 0 Å². The normalized spacial score (nSPS) is 10.3. The van der Waals surface area contributed by atoms with E-state index < -0.39 is 0 Å². The van der Waals surface area contributed by atoms with Gasteiger partial charge >= 0.3 is 0 Å². The molecule has 0 aliphatic heterocycles. The van der Waals surface area contributed by atoms with Gasteiger partial charge in [-0.05, 0) is 30.2 Å². The fourth-order valence-corrected chi connectivity index (χ4v) is 2.17. The van der Waals surface area contributed by atoms with Crippen molar-refractivity contribution in [1.82, 2.24) is 0 Å². The minimum atomic E-state index is 0.0460. The van der Waals surface area contributed by atoms with Crippen LogP contribution in [0.15, 0.2) is 30.3 Å². The van der Waals surface area contributed by atoms with Crippen molar-refractivity contribution in [3.8, 4) is 23.0 Å². The molecule has 0 saturated heterocycles. The largest absolute Gasteiger partial charge is 0.508 e. The van der Waals surface area contributed by atoms with Gasteiger partial charge in [0.2, 0.25) is 0 Å². The molecule has 2 aromatic carbocycles. The molecule has 106 valence electrons. The Labute approximate surface area is 118 Å². The molecule has 0 aliphatic carbocycles. The van der Waals surface area contributed by atoms with Crippen LogP contribution < -0.4 is 9.47 Å². The van der Waals surface area contributed by atoms with E-state index in [1.807, 2.05) is 19.1 Å². The molecule has 2 aromatic rings. The summed E-state index contributed by atoms with van der Waals surface area (Å²) in [6.07, 6.45) is 0.519. The lowest BCUT2D eigenvalue weighted by atomic mass is 9.98. The van der Waals surface area contributed by atoms with Gasteiger partial charge in [-0.15, -0.1) is 0 Å². The Balaban J connectivity index is 2.42. The second-order valence-electron chi connectivity index (χ2n) is 4.61. The molecule has 4 nitrogen and oxygen atoms in total. The topological polar surface area (TPSA) is 58.9 Å². The maximum atomic E-state index is 9.88. The number of aryl methyl sites for hydroxylation is 1. The van der Waals surface area contributed by atoms with Crippen molar-refractivity contribution in [3.63, 3.8) is 0 Å². The molecule has 0 aliphatic rings. The fourth-order valence-electron chi connectivity index (χ4n) is 2.17. The number of ether oxygens (including phenoxy) is 2. The van der Waals surface area contributed by atoms with Crippen LogP contribution in [0.1, 0.15) is 16.7 Å². The van der Waals surface area contributed by atoms with Crippen molar-refractivity contribution < 1.29 is 19.7 Å². The molecule has 0 bridgehead atoms. The smallest absolute Gasteiger partial charge is 0.126 e. The average molecular weight is 274 g/mol. The molecule has 0 atom stereocenters. The Bertz CT molecular complexity index is 620. The molecular formula is C16H18O4. The Kier molecular flexibility index (Phi) is 4.03. The summed E-state index contributed by atoms with van der Waals surface area (Å²) in [5, 5.41) is 19.2. The predicted octanol–water partition coefficient (Wildman–Crippen LogP) is 3.01. The monoisotopic (exact) mass is 274 g/mol. The molecule has 0 fully saturated rings. The van der Waals surface area contributed by atoms with E-state index in [1.54, 1.807) is 26.4 Å². The minimum Gasteiger partial charge on any atom is -0.508 e.